The van der Waals surface area contributed by atoms with Crippen LogP contribution in [-0.4, -0.2) is 60.6 Å². The molecule has 2 rings (SSSR count). The average molecular weight is 253 g/mol. The van der Waals surface area contributed by atoms with Crippen molar-refractivity contribution in [1.29, 1.82) is 0 Å². The maximum atomic E-state index is 3.65. The van der Waals surface area contributed by atoms with E-state index in [-0.39, 0.29) is 0 Å². The third-order valence-corrected chi connectivity index (χ3v) is 4.93. The number of rotatable bonds is 5. The summed E-state index contributed by atoms with van der Waals surface area (Å²) in [6, 6.07) is 2.22. The molecule has 0 spiro atoms. The second kappa shape index (κ2) is 6.36. The van der Waals surface area contributed by atoms with Crippen molar-refractivity contribution in [2.45, 2.75) is 58.7 Å². The first-order valence-electron chi connectivity index (χ1n) is 7.79. The third kappa shape index (κ3) is 3.46. The van der Waals surface area contributed by atoms with Crippen molar-refractivity contribution < 1.29 is 0 Å². The van der Waals surface area contributed by atoms with Gasteiger partial charge in [-0.25, -0.2) is 0 Å². The first-order valence-corrected chi connectivity index (χ1v) is 7.79. The summed E-state index contributed by atoms with van der Waals surface area (Å²) in [5, 5.41) is 3.65. The quantitative estimate of drug-likeness (QED) is 0.806. The standard InChI is InChI=1S/C15H31N3/c1-12(2)14(4)16-7-9-17-11-15-6-5-8-18(15)10-13(17)3/h12-16H,5-11H2,1-4H3. The first kappa shape index (κ1) is 14.3. The highest BCUT2D eigenvalue weighted by Gasteiger charge is 2.33. The molecular weight excluding hydrogens is 222 g/mol. The van der Waals surface area contributed by atoms with Gasteiger partial charge in [-0.15, -0.1) is 0 Å². The maximum Gasteiger partial charge on any atom is 0.0224 e. The number of hydrogen-bond donors (Lipinski definition) is 1. The second-order valence-electron chi connectivity index (χ2n) is 6.62. The Morgan fingerprint density at radius 3 is 2.72 bits per heavy atom. The van der Waals surface area contributed by atoms with E-state index >= 15 is 0 Å². The van der Waals surface area contributed by atoms with E-state index < -0.39 is 0 Å². The van der Waals surface area contributed by atoms with Gasteiger partial charge in [0.25, 0.3) is 0 Å². The molecule has 0 amide bonds. The summed E-state index contributed by atoms with van der Waals surface area (Å²) in [4.78, 5) is 5.39. The average Bonchev–Trinajstić information content (AvgIpc) is 2.75. The highest BCUT2D eigenvalue weighted by atomic mass is 15.3. The van der Waals surface area contributed by atoms with Crippen molar-refractivity contribution >= 4 is 0 Å². The Labute approximate surface area is 113 Å². The van der Waals surface area contributed by atoms with E-state index in [2.05, 4.69) is 42.8 Å². The van der Waals surface area contributed by atoms with Crippen molar-refractivity contribution in [2.75, 3.05) is 32.7 Å². The van der Waals surface area contributed by atoms with Gasteiger partial charge in [0.1, 0.15) is 0 Å². The second-order valence-corrected chi connectivity index (χ2v) is 6.62. The van der Waals surface area contributed by atoms with E-state index in [9.17, 15) is 0 Å². The smallest absolute Gasteiger partial charge is 0.0224 e. The van der Waals surface area contributed by atoms with E-state index in [1.165, 1.54) is 39.0 Å². The molecule has 0 aromatic rings. The van der Waals surface area contributed by atoms with Gasteiger partial charge in [-0.3, -0.25) is 9.80 Å². The van der Waals surface area contributed by atoms with Crippen LogP contribution in [0.4, 0.5) is 0 Å². The van der Waals surface area contributed by atoms with Crippen LogP contribution in [0.15, 0.2) is 0 Å². The lowest BCUT2D eigenvalue weighted by atomic mass is 10.1. The molecule has 2 aliphatic heterocycles. The maximum absolute atomic E-state index is 3.65. The van der Waals surface area contributed by atoms with E-state index in [1.807, 2.05) is 0 Å². The summed E-state index contributed by atoms with van der Waals surface area (Å²) in [6.45, 7) is 15.5. The molecule has 0 aromatic carbocycles. The fourth-order valence-corrected chi connectivity index (χ4v) is 3.23. The van der Waals surface area contributed by atoms with Crippen LogP contribution < -0.4 is 5.32 Å². The van der Waals surface area contributed by atoms with Crippen LogP contribution >= 0.6 is 0 Å². The molecule has 2 aliphatic rings. The lowest BCUT2D eigenvalue weighted by molar-refractivity contribution is 0.0596. The Morgan fingerprint density at radius 2 is 2.00 bits per heavy atom. The zero-order chi connectivity index (χ0) is 13.1. The summed E-state index contributed by atoms with van der Waals surface area (Å²) in [5.41, 5.74) is 0. The predicted octanol–water partition coefficient (Wildman–Crippen LogP) is 1.79. The Kier molecular flexibility index (Phi) is 5.05. The Morgan fingerprint density at radius 1 is 1.22 bits per heavy atom. The van der Waals surface area contributed by atoms with Crippen molar-refractivity contribution in [3.05, 3.63) is 0 Å². The van der Waals surface area contributed by atoms with Gasteiger partial charge < -0.3 is 5.32 Å². The molecule has 0 aliphatic carbocycles. The molecule has 1 N–H and O–H groups in total. The first-order chi connectivity index (χ1) is 8.58. The molecule has 0 radical (unpaired) electrons. The number of nitrogens with one attached hydrogen (secondary N) is 1. The fourth-order valence-electron chi connectivity index (χ4n) is 3.23. The third-order valence-electron chi connectivity index (χ3n) is 4.93. The molecule has 3 unspecified atom stereocenters. The van der Waals surface area contributed by atoms with Crippen LogP contribution in [0.5, 0.6) is 0 Å². The summed E-state index contributed by atoms with van der Waals surface area (Å²) in [7, 11) is 0. The van der Waals surface area contributed by atoms with Gasteiger partial charge in [0.2, 0.25) is 0 Å². The zero-order valence-corrected chi connectivity index (χ0v) is 12.7. The van der Waals surface area contributed by atoms with Gasteiger partial charge in [-0.05, 0) is 39.2 Å². The molecule has 2 heterocycles. The van der Waals surface area contributed by atoms with Crippen LogP contribution in [0.25, 0.3) is 0 Å². The molecule has 0 aromatic heterocycles. The predicted molar refractivity (Wildman–Crippen MR) is 77.9 cm³/mol. The number of hydrogen-bond acceptors (Lipinski definition) is 3. The summed E-state index contributed by atoms with van der Waals surface area (Å²) >= 11 is 0. The lowest BCUT2D eigenvalue weighted by Gasteiger charge is -2.42. The van der Waals surface area contributed by atoms with Gasteiger partial charge in [0, 0.05) is 44.3 Å². The van der Waals surface area contributed by atoms with Crippen LogP contribution in [0.2, 0.25) is 0 Å². The number of piperazine rings is 1. The van der Waals surface area contributed by atoms with Crippen LogP contribution in [0.1, 0.15) is 40.5 Å². The fraction of sp³-hybridized carbons (Fsp3) is 1.00. The molecule has 3 atom stereocenters. The van der Waals surface area contributed by atoms with E-state index in [0.29, 0.717) is 6.04 Å². The molecule has 2 fully saturated rings. The van der Waals surface area contributed by atoms with Gasteiger partial charge >= 0.3 is 0 Å². The van der Waals surface area contributed by atoms with Crippen molar-refractivity contribution in [3.63, 3.8) is 0 Å². The Hall–Kier alpha value is -0.120. The topological polar surface area (TPSA) is 18.5 Å². The van der Waals surface area contributed by atoms with Gasteiger partial charge in [-0.1, -0.05) is 13.8 Å². The van der Waals surface area contributed by atoms with E-state index in [0.717, 1.165) is 24.5 Å². The molecule has 2 saturated heterocycles. The SMILES string of the molecule is CC(C)C(C)NCCN1CC2CCCN2CC1C. The molecule has 0 saturated carbocycles. The van der Waals surface area contributed by atoms with Crippen LogP contribution in [0, 0.1) is 5.92 Å². The monoisotopic (exact) mass is 253 g/mol. The molecule has 18 heavy (non-hydrogen) atoms. The highest BCUT2D eigenvalue weighted by molar-refractivity contribution is 4.90. The molecular formula is C15H31N3. The Bertz CT molecular complexity index is 254. The highest BCUT2D eigenvalue weighted by Crippen LogP contribution is 2.24. The van der Waals surface area contributed by atoms with Crippen LogP contribution in [0.3, 0.4) is 0 Å². The Balaban J connectivity index is 1.72. The minimum absolute atomic E-state index is 0.632. The lowest BCUT2D eigenvalue weighted by Crippen LogP contribution is -2.56. The molecule has 3 heteroatoms. The summed E-state index contributed by atoms with van der Waals surface area (Å²) < 4.78 is 0. The van der Waals surface area contributed by atoms with Gasteiger partial charge in [-0.2, -0.15) is 0 Å². The van der Waals surface area contributed by atoms with Crippen molar-refractivity contribution in [1.82, 2.24) is 15.1 Å². The normalized spacial score (nSPS) is 31.8. The molecule has 3 nitrogen and oxygen atoms in total. The summed E-state index contributed by atoms with van der Waals surface area (Å²) in [6.07, 6.45) is 2.83. The molecule has 0 bridgehead atoms. The van der Waals surface area contributed by atoms with Crippen molar-refractivity contribution in [3.8, 4) is 0 Å². The zero-order valence-electron chi connectivity index (χ0n) is 12.7. The van der Waals surface area contributed by atoms with Crippen LogP contribution in [-0.2, 0) is 0 Å². The minimum atomic E-state index is 0.632. The minimum Gasteiger partial charge on any atom is -0.313 e. The largest absolute Gasteiger partial charge is 0.313 e. The molecule has 106 valence electrons. The van der Waals surface area contributed by atoms with Gasteiger partial charge in [0.15, 0.2) is 0 Å². The number of nitrogens with zero attached hydrogens (tertiary/aromatic N) is 2. The van der Waals surface area contributed by atoms with Crippen molar-refractivity contribution in [2.24, 2.45) is 5.92 Å². The summed E-state index contributed by atoms with van der Waals surface area (Å²) in [5.74, 6) is 0.731. The number of fused-ring (bicyclic) bond motifs is 1. The van der Waals surface area contributed by atoms with E-state index in [1.54, 1.807) is 0 Å². The van der Waals surface area contributed by atoms with Gasteiger partial charge in [0.05, 0.1) is 0 Å². The van der Waals surface area contributed by atoms with E-state index in [4.69, 9.17) is 0 Å².